The summed E-state index contributed by atoms with van der Waals surface area (Å²) < 4.78 is 0. The molecule has 0 fully saturated rings. The van der Waals surface area contributed by atoms with Crippen LogP contribution in [0.2, 0.25) is 0 Å². The van der Waals surface area contributed by atoms with Crippen molar-refractivity contribution < 1.29 is 15.5 Å². The molecule has 0 radical (unpaired) electrons. The van der Waals surface area contributed by atoms with E-state index in [9.17, 15) is 5.11 Å². The molecule has 4 nitrogen and oxygen atoms in total. The highest BCUT2D eigenvalue weighted by Crippen LogP contribution is 2.27. The first-order chi connectivity index (χ1) is 6.50. The molecule has 0 unspecified atom stereocenters. The predicted octanol–water partition coefficient (Wildman–Crippen LogP) is 2.18. The summed E-state index contributed by atoms with van der Waals surface area (Å²) in [7, 11) is 0. The summed E-state index contributed by atoms with van der Waals surface area (Å²) in [5, 5.41) is 26.8. The van der Waals surface area contributed by atoms with Crippen LogP contribution in [0, 0.1) is 5.92 Å². The van der Waals surface area contributed by atoms with E-state index in [2.05, 4.69) is 13.8 Å². The summed E-state index contributed by atoms with van der Waals surface area (Å²) in [5.74, 6) is 0.334. The van der Waals surface area contributed by atoms with Crippen molar-refractivity contribution in [3.8, 4) is 5.75 Å². The van der Waals surface area contributed by atoms with Crippen molar-refractivity contribution in [3.63, 3.8) is 0 Å². The van der Waals surface area contributed by atoms with Gasteiger partial charge in [0, 0.05) is 0 Å². The highest BCUT2D eigenvalue weighted by atomic mass is 16.8. The van der Waals surface area contributed by atoms with Gasteiger partial charge in [0.1, 0.15) is 11.4 Å². The van der Waals surface area contributed by atoms with Gasteiger partial charge in [-0.1, -0.05) is 19.9 Å². The molecule has 0 saturated heterocycles. The third kappa shape index (κ3) is 2.61. The Bertz CT molecular complexity index is 310. The minimum Gasteiger partial charge on any atom is -0.506 e. The molecule has 14 heavy (non-hydrogen) atoms. The highest BCUT2D eigenvalue weighted by molar-refractivity contribution is 5.55. The van der Waals surface area contributed by atoms with Crippen LogP contribution in [-0.4, -0.2) is 15.5 Å². The molecule has 0 heterocycles. The minimum absolute atomic E-state index is 0.00292. The Labute approximate surface area is 82.9 Å². The number of anilines is 1. The van der Waals surface area contributed by atoms with E-state index in [1.807, 2.05) is 0 Å². The Morgan fingerprint density at radius 1 is 1.29 bits per heavy atom. The molecular weight excluding hydrogens is 182 g/mol. The molecule has 0 aromatic heterocycles. The Morgan fingerprint density at radius 3 is 2.43 bits per heavy atom. The average molecular weight is 197 g/mol. The molecular formula is C10H15NO3. The summed E-state index contributed by atoms with van der Waals surface area (Å²) in [6.45, 7) is 4.14. The lowest BCUT2D eigenvalue weighted by Gasteiger charge is -2.12. The molecule has 0 saturated carbocycles. The number of phenols is 1. The van der Waals surface area contributed by atoms with Gasteiger partial charge in [-0.3, -0.25) is 10.4 Å². The Balaban J connectivity index is 2.94. The second-order valence-electron chi connectivity index (χ2n) is 3.71. The Kier molecular flexibility index (Phi) is 3.33. The van der Waals surface area contributed by atoms with Gasteiger partial charge in [0.25, 0.3) is 0 Å². The van der Waals surface area contributed by atoms with Crippen molar-refractivity contribution in [2.24, 2.45) is 5.92 Å². The maximum Gasteiger partial charge on any atom is 0.143 e. The maximum absolute atomic E-state index is 9.28. The standard InChI is InChI=1S/C10H15NO3/c1-7(2)5-8-3-4-10(12)9(6-8)11(13)14/h3-4,6-7,12-14H,5H2,1-2H3. The molecule has 0 atom stereocenters. The van der Waals surface area contributed by atoms with Crippen molar-refractivity contribution in [3.05, 3.63) is 23.8 Å². The molecule has 78 valence electrons. The molecule has 0 spiro atoms. The van der Waals surface area contributed by atoms with Gasteiger partial charge in [0.05, 0.1) is 0 Å². The second-order valence-corrected chi connectivity index (χ2v) is 3.71. The summed E-state index contributed by atoms with van der Waals surface area (Å²) >= 11 is 0. The monoisotopic (exact) mass is 197 g/mol. The van der Waals surface area contributed by atoms with E-state index < -0.39 is 0 Å². The zero-order valence-electron chi connectivity index (χ0n) is 8.31. The van der Waals surface area contributed by atoms with Crippen LogP contribution in [-0.2, 0) is 6.42 Å². The molecule has 0 aliphatic carbocycles. The van der Waals surface area contributed by atoms with E-state index in [1.54, 1.807) is 12.1 Å². The smallest absolute Gasteiger partial charge is 0.143 e. The number of nitrogens with zero attached hydrogens (tertiary/aromatic N) is 1. The first-order valence-electron chi connectivity index (χ1n) is 4.50. The number of phenolic OH excluding ortho intramolecular Hbond substituents is 1. The number of hydrogen-bond donors (Lipinski definition) is 3. The molecule has 0 aliphatic rings. The van der Waals surface area contributed by atoms with Crippen LogP contribution in [0.5, 0.6) is 5.75 Å². The molecule has 4 heteroatoms. The molecule has 1 rings (SSSR count). The van der Waals surface area contributed by atoms with Gasteiger partial charge in [0.2, 0.25) is 0 Å². The van der Waals surface area contributed by atoms with Gasteiger partial charge in [-0.05, 0) is 30.0 Å². The number of benzene rings is 1. The van der Waals surface area contributed by atoms with Crippen molar-refractivity contribution in [1.82, 2.24) is 0 Å². The number of aromatic hydroxyl groups is 1. The van der Waals surface area contributed by atoms with E-state index >= 15 is 0 Å². The largest absolute Gasteiger partial charge is 0.506 e. The van der Waals surface area contributed by atoms with Gasteiger partial charge in [-0.25, -0.2) is 0 Å². The lowest BCUT2D eigenvalue weighted by molar-refractivity contribution is 0.0279. The van der Waals surface area contributed by atoms with E-state index in [-0.39, 0.29) is 16.7 Å². The van der Waals surface area contributed by atoms with Crippen LogP contribution in [0.15, 0.2) is 18.2 Å². The van der Waals surface area contributed by atoms with Crippen LogP contribution < -0.4 is 5.23 Å². The van der Waals surface area contributed by atoms with Crippen molar-refractivity contribution in [2.45, 2.75) is 20.3 Å². The summed E-state index contributed by atoms with van der Waals surface area (Å²) in [6, 6.07) is 4.77. The topological polar surface area (TPSA) is 63.9 Å². The van der Waals surface area contributed by atoms with Gasteiger partial charge in [-0.2, -0.15) is 0 Å². The fourth-order valence-electron chi connectivity index (χ4n) is 1.33. The van der Waals surface area contributed by atoms with Crippen molar-refractivity contribution in [1.29, 1.82) is 0 Å². The van der Waals surface area contributed by atoms with Crippen LogP contribution in [0.25, 0.3) is 0 Å². The fourth-order valence-corrected chi connectivity index (χ4v) is 1.33. The Hall–Kier alpha value is -1.26. The predicted molar refractivity (Wildman–Crippen MR) is 52.7 cm³/mol. The quantitative estimate of drug-likeness (QED) is 0.650. The van der Waals surface area contributed by atoms with Crippen molar-refractivity contribution in [2.75, 3.05) is 5.23 Å². The van der Waals surface area contributed by atoms with Gasteiger partial charge < -0.3 is 5.11 Å². The lowest BCUT2D eigenvalue weighted by atomic mass is 10.0. The van der Waals surface area contributed by atoms with Gasteiger partial charge >= 0.3 is 0 Å². The zero-order chi connectivity index (χ0) is 10.7. The van der Waals surface area contributed by atoms with E-state index in [4.69, 9.17) is 10.4 Å². The summed E-state index contributed by atoms with van der Waals surface area (Å²) in [4.78, 5) is 0. The normalized spacial score (nSPS) is 10.6. The number of hydrogen-bond acceptors (Lipinski definition) is 4. The van der Waals surface area contributed by atoms with E-state index in [0.29, 0.717) is 5.92 Å². The minimum atomic E-state index is -0.150. The van der Waals surface area contributed by atoms with Gasteiger partial charge in [-0.15, -0.1) is 5.23 Å². The second kappa shape index (κ2) is 4.30. The van der Waals surface area contributed by atoms with E-state index in [0.717, 1.165) is 12.0 Å². The van der Waals surface area contributed by atoms with Crippen LogP contribution in [0.4, 0.5) is 5.69 Å². The number of rotatable bonds is 3. The van der Waals surface area contributed by atoms with E-state index in [1.165, 1.54) is 6.07 Å². The molecule has 1 aromatic carbocycles. The molecule has 1 aromatic rings. The van der Waals surface area contributed by atoms with Gasteiger partial charge in [0.15, 0.2) is 0 Å². The molecule has 0 amide bonds. The Morgan fingerprint density at radius 2 is 1.93 bits per heavy atom. The first kappa shape index (κ1) is 10.8. The van der Waals surface area contributed by atoms with Crippen LogP contribution in [0.1, 0.15) is 19.4 Å². The third-order valence-electron chi connectivity index (χ3n) is 1.90. The van der Waals surface area contributed by atoms with Crippen molar-refractivity contribution >= 4 is 5.69 Å². The average Bonchev–Trinajstić information content (AvgIpc) is 2.07. The SMILES string of the molecule is CC(C)Cc1ccc(O)c(N(O)O)c1. The zero-order valence-corrected chi connectivity index (χ0v) is 8.31. The van der Waals surface area contributed by atoms with Crippen LogP contribution in [0.3, 0.4) is 0 Å². The maximum atomic E-state index is 9.28. The lowest BCUT2D eigenvalue weighted by Crippen LogP contribution is -2.11. The molecule has 3 N–H and O–H groups in total. The fraction of sp³-hybridized carbons (Fsp3) is 0.400. The highest BCUT2D eigenvalue weighted by Gasteiger charge is 2.08. The third-order valence-corrected chi connectivity index (χ3v) is 1.90. The first-order valence-corrected chi connectivity index (χ1v) is 4.50. The molecule has 0 aliphatic heterocycles. The summed E-state index contributed by atoms with van der Waals surface area (Å²) in [6.07, 6.45) is 0.834. The van der Waals surface area contributed by atoms with Crippen LogP contribution >= 0.6 is 0 Å². The molecule has 0 bridgehead atoms. The summed E-state index contributed by atoms with van der Waals surface area (Å²) in [5.41, 5.74) is 0.962.